The SMILES string of the molecule is Clc1cnc2c(c1)C=C(Cn1nc(I)c3c(Cl)nccc31)CC2. The normalized spacial score (nSPS) is 14.0. The number of fused-ring (bicyclic) bond motifs is 2. The lowest BCUT2D eigenvalue weighted by atomic mass is 9.96. The molecule has 3 heterocycles. The van der Waals surface area contributed by atoms with Crippen LogP contribution in [-0.4, -0.2) is 19.7 Å². The molecule has 0 aliphatic heterocycles. The Hall–Kier alpha value is -1.18. The first kappa shape index (κ1) is 15.4. The van der Waals surface area contributed by atoms with E-state index in [1.807, 2.05) is 16.8 Å². The van der Waals surface area contributed by atoms with E-state index in [9.17, 15) is 0 Å². The van der Waals surface area contributed by atoms with Gasteiger partial charge in [0.05, 0.1) is 22.5 Å². The minimum Gasteiger partial charge on any atom is -0.260 e. The lowest BCUT2D eigenvalue weighted by Crippen LogP contribution is -2.08. The van der Waals surface area contributed by atoms with Gasteiger partial charge in [0, 0.05) is 18.1 Å². The number of aromatic nitrogens is 4. The van der Waals surface area contributed by atoms with Crippen LogP contribution < -0.4 is 0 Å². The molecule has 4 rings (SSSR count). The van der Waals surface area contributed by atoms with Crippen LogP contribution in [0.25, 0.3) is 17.0 Å². The molecule has 0 unspecified atom stereocenters. The van der Waals surface area contributed by atoms with Crippen LogP contribution in [0.3, 0.4) is 0 Å². The Kier molecular flexibility index (Phi) is 4.03. The van der Waals surface area contributed by atoms with Crippen LogP contribution >= 0.6 is 45.8 Å². The third-order valence-corrected chi connectivity index (χ3v) is 5.19. The average molecular weight is 457 g/mol. The van der Waals surface area contributed by atoms with E-state index < -0.39 is 0 Å². The number of aryl methyl sites for hydroxylation is 1. The van der Waals surface area contributed by atoms with Crippen LogP contribution in [0.4, 0.5) is 0 Å². The first-order valence-electron chi connectivity index (χ1n) is 7.12. The third kappa shape index (κ3) is 2.86. The number of allylic oxidation sites excluding steroid dienone is 1. The van der Waals surface area contributed by atoms with E-state index >= 15 is 0 Å². The summed E-state index contributed by atoms with van der Waals surface area (Å²) in [6.07, 6.45) is 7.49. The van der Waals surface area contributed by atoms with Gasteiger partial charge in [0.1, 0.15) is 8.85 Å². The van der Waals surface area contributed by atoms with Crippen molar-refractivity contribution in [2.75, 3.05) is 0 Å². The average Bonchev–Trinajstić information content (AvgIpc) is 2.84. The van der Waals surface area contributed by atoms with Crippen molar-refractivity contribution >= 4 is 62.8 Å². The fraction of sp³-hybridized carbons (Fsp3) is 0.188. The highest BCUT2D eigenvalue weighted by atomic mass is 127. The first-order valence-corrected chi connectivity index (χ1v) is 8.95. The number of hydrogen-bond donors (Lipinski definition) is 0. The summed E-state index contributed by atoms with van der Waals surface area (Å²) in [5.41, 5.74) is 4.51. The molecule has 0 saturated carbocycles. The number of nitrogens with zero attached hydrogens (tertiary/aromatic N) is 4. The fourth-order valence-electron chi connectivity index (χ4n) is 2.87. The van der Waals surface area contributed by atoms with E-state index in [2.05, 4.69) is 43.7 Å². The van der Waals surface area contributed by atoms with Crippen LogP contribution in [0.15, 0.2) is 30.1 Å². The second kappa shape index (κ2) is 6.03. The van der Waals surface area contributed by atoms with Gasteiger partial charge in [-0.05, 0) is 58.7 Å². The zero-order chi connectivity index (χ0) is 16.0. The maximum Gasteiger partial charge on any atom is 0.141 e. The van der Waals surface area contributed by atoms with Crippen molar-refractivity contribution < 1.29 is 0 Å². The number of pyridine rings is 2. The largest absolute Gasteiger partial charge is 0.260 e. The molecule has 3 aromatic heterocycles. The minimum absolute atomic E-state index is 0.497. The summed E-state index contributed by atoms with van der Waals surface area (Å²) >= 11 is 14.4. The van der Waals surface area contributed by atoms with E-state index in [-0.39, 0.29) is 0 Å². The molecule has 23 heavy (non-hydrogen) atoms. The summed E-state index contributed by atoms with van der Waals surface area (Å²) < 4.78 is 2.86. The van der Waals surface area contributed by atoms with Gasteiger partial charge >= 0.3 is 0 Å². The van der Waals surface area contributed by atoms with Crippen molar-refractivity contribution in [1.82, 2.24) is 19.7 Å². The predicted octanol–water partition coefficient (Wildman–Crippen LogP) is 4.77. The number of hydrogen-bond acceptors (Lipinski definition) is 3. The highest BCUT2D eigenvalue weighted by Crippen LogP contribution is 2.29. The van der Waals surface area contributed by atoms with E-state index in [1.54, 1.807) is 12.4 Å². The van der Waals surface area contributed by atoms with E-state index in [4.69, 9.17) is 23.2 Å². The molecule has 1 aliphatic rings. The van der Waals surface area contributed by atoms with Gasteiger partial charge in [0.2, 0.25) is 0 Å². The van der Waals surface area contributed by atoms with Crippen molar-refractivity contribution in [1.29, 1.82) is 0 Å². The molecule has 0 saturated heterocycles. The molecule has 4 nitrogen and oxygen atoms in total. The number of halogens is 3. The van der Waals surface area contributed by atoms with Gasteiger partial charge in [0.25, 0.3) is 0 Å². The van der Waals surface area contributed by atoms with Crippen molar-refractivity contribution in [3.05, 3.63) is 55.2 Å². The molecule has 0 atom stereocenters. The quantitative estimate of drug-likeness (QED) is 0.412. The highest BCUT2D eigenvalue weighted by molar-refractivity contribution is 14.1. The summed E-state index contributed by atoms with van der Waals surface area (Å²) in [4.78, 5) is 8.54. The topological polar surface area (TPSA) is 43.6 Å². The standard InChI is InChI=1S/C16H11Cl2IN4/c17-11-6-10-5-9(1-2-12(10)21-7-11)8-23-13-3-4-20-15(18)14(13)16(19)22-23/h3-7H,1-2,8H2. The maximum atomic E-state index is 6.20. The van der Waals surface area contributed by atoms with Crippen molar-refractivity contribution in [2.45, 2.75) is 19.4 Å². The van der Waals surface area contributed by atoms with Crippen LogP contribution in [-0.2, 0) is 13.0 Å². The van der Waals surface area contributed by atoms with E-state index in [1.165, 1.54) is 5.57 Å². The van der Waals surface area contributed by atoms with Gasteiger partial charge in [-0.25, -0.2) is 4.98 Å². The molecule has 0 N–H and O–H groups in total. The lowest BCUT2D eigenvalue weighted by molar-refractivity contribution is 0.667. The molecule has 0 amide bonds. The first-order chi connectivity index (χ1) is 11.1. The molecule has 0 spiro atoms. The summed E-state index contributed by atoms with van der Waals surface area (Å²) in [7, 11) is 0. The fourth-order valence-corrected chi connectivity index (χ4v) is 4.23. The Bertz CT molecular complexity index is 949. The molecule has 1 aliphatic carbocycles. The summed E-state index contributed by atoms with van der Waals surface area (Å²) in [6, 6.07) is 3.92. The lowest BCUT2D eigenvalue weighted by Gasteiger charge is -2.16. The van der Waals surface area contributed by atoms with Crippen molar-refractivity contribution in [2.24, 2.45) is 0 Å². The predicted molar refractivity (Wildman–Crippen MR) is 101 cm³/mol. The highest BCUT2D eigenvalue weighted by Gasteiger charge is 2.16. The van der Waals surface area contributed by atoms with Crippen LogP contribution in [0.2, 0.25) is 10.2 Å². The molecule has 0 aromatic carbocycles. The van der Waals surface area contributed by atoms with E-state index in [0.29, 0.717) is 10.2 Å². The van der Waals surface area contributed by atoms with Gasteiger partial charge in [0.15, 0.2) is 0 Å². The molecular formula is C16H11Cl2IN4. The van der Waals surface area contributed by atoms with Gasteiger partial charge < -0.3 is 0 Å². The Labute approximate surface area is 156 Å². The Morgan fingerprint density at radius 1 is 1.22 bits per heavy atom. The van der Waals surface area contributed by atoms with Gasteiger partial charge in [-0.15, -0.1) is 0 Å². The van der Waals surface area contributed by atoms with Crippen LogP contribution in [0, 0.1) is 3.70 Å². The Balaban J connectivity index is 1.73. The Morgan fingerprint density at radius 2 is 2.09 bits per heavy atom. The Morgan fingerprint density at radius 3 is 2.96 bits per heavy atom. The minimum atomic E-state index is 0.497. The smallest absolute Gasteiger partial charge is 0.141 e. The molecule has 0 radical (unpaired) electrons. The summed E-state index contributed by atoms with van der Waals surface area (Å²) in [5.74, 6) is 0. The van der Waals surface area contributed by atoms with Gasteiger partial charge in [-0.1, -0.05) is 29.3 Å². The van der Waals surface area contributed by atoms with Crippen molar-refractivity contribution in [3.8, 4) is 0 Å². The second-order valence-electron chi connectivity index (χ2n) is 5.44. The molecule has 0 bridgehead atoms. The third-order valence-electron chi connectivity index (χ3n) is 3.94. The van der Waals surface area contributed by atoms with Gasteiger partial charge in [-0.2, -0.15) is 5.10 Å². The molecule has 7 heteroatoms. The summed E-state index contributed by atoms with van der Waals surface area (Å²) in [6.45, 7) is 0.728. The van der Waals surface area contributed by atoms with Crippen LogP contribution in [0.5, 0.6) is 0 Å². The molecule has 3 aromatic rings. The maximum absolute atomic E-state index is 6.20. The summed E-state index contributed by atoms with van der Waals surface area (Å²) in [5, 5.41) is 6.69. The van der Waals surface area contributed by atoms with Crippen LogP contribution in [0.1, 0.15) is 17.7 Å². The van der Waals surface area contributed by atoms with E-state index in [0.717, 1.165) is 45.2 Å². The van der Waals surface area contributed by atoms with Crippen molar-refractivity contribution in [3.63, 3.8) is 0 Å². The monoisotopic (exact) mass is 456 g/mol. The molecule has 116 valence electrons. The number of rotatable bonds is 2. The zero-order valence-electron chi connectivity index (χ0n) is 11.9. The molecule has 0 fully saturated rings. The zero-order valence-corrected chi connectivity index (χ0v) is 15.6. The molecular weight excluding hydrogens is 446 g/mol. The van der Waals surface area contributed by atoms with Gasteiger partial charge in [-0.3, -0.25) is 9.67 Å². The second-order valence-corrected chi connectivity index (χ2v) is 7.25.